The number of hydrogen-bond donors (Lipinski definition) is 0. The van der Waals surface area contributed by atoms with Gasteiger partial charge in [-0.1, -0.05) is 78.9 Å². The van der Waals surface area contributed by atoms with Crippen LogP contribution in [0.5, 0.6) is 0 Å². The van der Waals surface area contributed by atoms with Crippen LogP contribution in [0.1, 0.15) is 11.1 Å². The zero-order chi connectivity index (χ0) is 14.8. The maximum Gasteiger partial charge on any atom is 0.0786 e. The van der Waals surface area contributed by atoms with E-state index in [1.165, 1.54) is 27.3 Å². The van der Waals surface area contributed by atoms with Crippen molar-refractivity contribution < 1.29 is 0 Å². The van der Waals surface area contributed by atoms with Gasteiger partial charge in [-0.05, 0) is 22.6 Å². The Hall–Kier alpha value is -2.93. The normalized spacial score (nSPS) is 11.5. The second kappa shape index (κ2) is 5.45. The molecule has 3 aromatic carbocycles. The van der Waals surface area contributed by atoms with Crippen LogP contribution in [0.4, 0.5) is 0 Å². The first kappa shape index (κ1) is 12.8. The largest absolute Gasteiger partial charge is 0.256 e. The summed E-state index contributed by atoms with van der Waals surface area (Å²) in [6, 6.07) is 25.1. The number of hydrogen-bond acceptors (Lipinski definition) is 1. The third-order valence-corrected chi connectivity index (χ3v) is 3.90. The Kier molecular flexibility index (Phi) is 3.17. The Morgan fingerprint density at radius 1 is 0.636 bits per heavy atom. The maximum atomic E-state index is 4.59. The second-order valence-electron chi connectivity index (χ2n) is 5.33. The molecule has 0 N–H and O–H groups in total. The molecule has 0 unspecified atom stereocenters. The summed E-state index contributed by atoms with van der Waals surface area (Å²) in [6.07, 6.45) is 6.18. The van der Waals surface area contributed by atoms with E-state index in [1.807, 2.05) is 18.3 Å². The van der Waals surface area contributed by atoms with E-state index in [0.717, 1.165) is 5.52 Å². The lowest BCUT2D eigenvalue weighted by molar-refractivity contribution is 1.43. The SMILES string of the molecule is C(=C\c1cccc2ccc3cccnc3c12)/c1ccccc1. The molecule has 4 rings (SSSR count). The minimum absolute atomic E-state index is 1.06. The number of fused-ring (bicyclic) bond motifs is 3. The molecule has 0 atom stereocenters. The summed E-state index contributed by atoms with van der Waals surface area (Å²) in [5.74, 6) is 0. The zero-order valence-corrected chi connectivity index (χ0v) is 12.1. The monoisotopic (exact) mass is 281 g/mol. The van der Waals surface area contributed by atoms with E-state index in [1.54, 1.807) is 0 Å². The lowest BCUT2D eigenvalue weighted by Crippen LogP contribution is -1.84. The predicted octanol–water partition coefficient (Wildman–Crippen LogP) is 5.56. The fourth-order valence-corrected chi connectivity index (χ4v) is 2.83. The molecule has 0 aliphatic rings. The Morgan fingerprint density at radius 3 is 2.36 bits per heavy atom. The number of pyridine rings is 1. The maximum absolute atomic E-state index is 4.59. The first-order chi connectivity index (χ1) is 10.9. The van der Waals surface area contributed by atoms with Crippen LogP contribution in [0.15, 0.2) is 79.0 Å². The van der Waals surface area contributed by atoms with E-state index in [4.69, 9.17) is 0 Å². The summed E-state index contributed by atoms with van der Waals surface area (Å²) in [5, 5.41) is 3.62. The third-order valence-electron chi connectivity index (χ3n) is 3.90. The lowest BCUT2D eigenvalue weighted by Gasteiger charge is -2.06. The smallest absolute Gasteiger partial charge is 0.0786 e. The summed E-state index contributed by atoms with van der Waals surface area (Å²) < 4.78 is 0. The van der Waals surface area contributed by atoms with Crippen LogP contribution >= 0.6 is 0 Å². The number of rotatable bonds is 2. The van der Waals surface area contributed by atoms with E-state index >= 15 is 0 Å². The molecule has 1 nitrogen and oxygen atoms in total. The van der Waals surface area contributed by atoms with Crippen molar-refractivity contribution in [1.29, 1.82) is 0 Å². The van der Waals surface area contributed by atoms with E-state index in [2.05, 4.69) is 77.8 Å². The van der Waals surface area contributed by atoms with E-state index < -0.39 is 0 Å². The van der Waals surface area contributed by atoms with Crippen LogP contribution in [-0.4, -0.2) is 4.98 Å². The molecule has 0 aliphatic heterocycles. The molecule has 0 fully saturated rings. The molecule has 0 amide bonds. The van der Waals surface area contributed by atoms with Gasteiger partial charge in [-0.15, -0.1) is 0 Å². The van der Waals surface area contributed by atoms with E-state index in [9.17, 15) is 0 Å². The van der Waals surface area contributed by atoms with Gasteiger partial charge in [0.1, 0.15) is 0 Å². The first-order valence-corrected chi connectivity index (χ1v) is 7.41. The number of benzene rings is 3. The van der Waals surface area contributed by atoms with Gasteiger partial charge >= 0.3 is 0 Å². The molecular formula is C21H15N. The summed E-state index contributed by atoms with van der Waals surface area (Å²) in [6.45, 7) is 0. The van der Waals surface area contributed by atoms with Crippen LogP contribution in [0, 0.1) is 0 Å². The molecule has 1 heterocycles. The Labute approximate surface area is 129 Å². The van der Waals surface area contributed by atoms with Crippen LogP contribution < -0.4 is 0 Å². The average Bonchev–Trinajstić information content (AvgIpc) is 2.60. The summed E-state index contributed by atoms with van der Waals surface area (Å²) in [4.78, 5) is 4.59. The van der Waals surface area contributed by atoms with Crippen molar-refractivity contribution in [2.75, 3.05) is 0 Å². The van der Waals surface area contributed by atoms with Gasteiger partial charge in [0.15, 0.2) is 0 Å². The third kappa shape index (κ3) is 2.27. The van der Waals surface area contributed by atoms with E-state index in [-0.39, 0.29) is 0 Å². The van der Waals surface area contributed by atoms with Crippen molar-refractivity contribution in [3.63, 3.8) is 0 Å². The topological polar surface area (TPSA) is 12.9 Å². The van der Waals surface area contributed by atoms with Crippen LogP contribution in [0.3, 0.4) is 0 Å². The van der Waals surface area contributed by atoms with E-state index in [0.29, 0.717) is 0 Å². The molecule has 104 valence electrons. The summed E-state index contributed by atoms with van der Waals surface area (Å²) in [5.41, 5.74) is 3.46. The highest BCUT2D eigenvalue weighted by atomic mass is 14.6. The molecule has 0 radical (unpaired) electrons. The predicted molar refractivity (Wildman–Crippen MR) is 94.6 cm³/mol. The quantitative estimate of drug-likeness (QED) is 0.346. The minimum atomic E-state index is 1.06. The highest BCUT2D eigenvalue weighted by Gasteiger charge is 2.04. The van der Waals surface area contributed by atoms with Gasteiger partial charge in [0, 0.05) is 17.0 Å². The van der Waals surface area contributed by atoms with Crippen molar-refractivity contribution >= 4 is 33.8 Å². The number of nitrogens with zero attached hydrogens (tertiary/aromatic N) is 1. The minimum Gasteiger partial charge on any atom is -0.256 e. The highest BCUT2D eigenvalue weighted by molar-refractivity contribution is 6.09. The average molecular weight is 281 g/mol. The molecule has 1 heteroatoms. The first-order valence-electron chi connectivity index (χ1n) is 7.41. The van der Waals surface area contributed by atoms with Crippen LogP contribution in [-0.2, 0) is 0 Å². The summed E-state index contributed by atoms with van der Waals surface area (Å²) >= 11 is 0. The lowest BCUT2D eigenvalue weighted by atomic mass is 10.00. The molecule has 0 bridgehead atoms. The van der Waals surface area contributed by atoms with Crippen LogP contribution in [0.25, 0.3) is 33.8 Å². The molecule has 1 aromatic heterocycles. The molecule has 0 saturated heterocycles. The second-order valence-corrected chi connectivity index (χ2v) is 5.33. The van der Waals surface area contributed by atoms with Gasteiger partial charge in [0.2, 0.25) is 0 Å². The molecule has 4 aromatic rings. The van der Waals surface area contributed by atoms with Gasteiger partial charge in [-0.25, -0.2) is 0 Å². The number of aromatic nitrogens is 1. The Bertz CT molecular complexity index is 969. The van der Waals surface area contributed by atoms with Gasteiger partial charge in [0.05, 0.1) is 5.52 Å². The molecule has 0 aliphatic carbocycles. The Morgan fingerprint density at radius 2 is 1.45 bits per heavy atom. The Balaban J connectivity index is 1.94. The molecule has 22 heavy (non-hydrogen) atoms. The summed E-state index contributed by atoms with van der Waals surface area (Å²) in [7, 11) is 0. The van der Waals surface area contributed by atoms with Gasteiger partial charge < -0.3 is 0 Å². The highest BCUT2D eigenvalue weighted by Crippen LogP contribution is 2.28. The fraction of sp³-hybridized carbons (Fsp3) is 0. The molecule has 0 spiro atoms. The van der Waals surface area contributed by atoms with Gasteiger partial charge in [0.25, 0.3) is 0 Å². The van der Waals surface area contributed by atoms with Gasteiger partial charge in [-0.3, -0.25) is 4.98 Å². The van der Waals surface area contributed by atoms with Crippen LogP contribution in [0.2, 0.25) is 0 Å². The van der Waals surface area contributed by atoms with Crippen molar-refractivity contribution in [1.82, 2.24) is 4.98 Å². The van der Waals surface area contributed by atoms with Crippen molar-refractivity contribution in [2.24, 2.45) is 0 Å². The molecular weight excluding hydrogens is 266 g/mol. The van der Waals surface area contributed by atoms with Gasteiger partial charge in [-0.2, -0.15) is 0 Å². The fourth-order valence-electron chi connectivity index (χ4n) is 2.83. The van der Waals surface area contributed by atoms with Crippen molar-refractivity contribution in [3.05, 3.63) is 90.1 Å². The standard InChI is InChI=1S/C21H15N/c1-2-6-16(7-3-1)11-12-17-8-4-9-18-13-14-19-10-5-15-22-21(19)20(17)18/h1-15H/b12-11+. The van der Waals surface area contributed by atoms with Crippen molar-refractivity contribution in [3.8, 4) is 0 Å². The van der Waals surface area contributed by atoms with Crippen molar-refractivity contribution in [2.45, 2.75) is 0 Å². The zero-order valence-electron chi connectivity index (χ0n) is 12.1. The molecule has 0 saturated carbocycles.